The van der Waals surface area contributed by atoms with Crippen molar-refractivity contribution in [1.29, 1.82) is 0 Å². The van der Waals surface area contributed by atoms with Crippen molar-refractivity contribution in [2.45, 2.75) is 18.2 Å². The van der Waals surface area contributed by atoms with E-state index in [1.54, 1.807) is 0 Å². The SMILES string of the molecule is O=C(O)CCC(Cl)c1ccccc1-c1ccccc1. The predicted octanol–water partition coefficient (Wildman–Crippen LogP) is 4.50. The molecule has 2 nitrogen and oxygen atoms in total. The fraction of sp³-hybridized carbons (Fsp3) is 0.188. The summed E-state index contributed by atoms with van der Waals surface area (Å²) >= 11 is 6.34. The van der Waals surface area contributed by atoms with Crippen LogP contribution in [0.1, 0.15) is 23.8 Å². The van der Waals surface area contributed by atoms with E-state index < -0.39 is 5.97 Å². The second-order valence-electron chi connectivity index (χ2n) is 4.35. The van der Waals surface area contributed by atoms with E-state index >= 15 is 0 Å². The fourth-order valence-corrected chi connectivity index (χ4v) is 2.36. The van der Waals surface area contributed by atoms with Gasteiger partial charge in [0.1, 0.15) is 0 Å². The van der Waals surface area contributed by atoms with Gasteiger partial charge in [0.05, 0.1) is 5.38 Å². The third kappa shape index (κ3) is 3.58. The maximum absolute atomic E-state index is 10.6. The summed E-state index contributed by atoms with van der Waals surface area (Å²) in [5, 5.41) is 8.45. The van der Waals surface area contributed by atoms with Crippen molar-refractivity contribution in [2.75, 3.05) is 0 Å². The lowest BCUT2D eigenvalue weighted by molar-refractivity contribution is -0.137. The molecule has 98 valence electrons. The molecule has 0 aromatic heterocycles. The Morgan fingerprint density at radius 3 is 2.37 bits per heavy atom. The molecule has 1 atom stereocenters. The number of carboxylic acid groups (broad SMARTS) is 1. The van der Waals surface area contributed by atoms with E-state index in [1.165, 1.54) is 0 Å². The molecule has 2 aromatic carbocycles. The highest BCUT2D eigenvalue weighted by Gasteiger charge is 2.14. The number of alkyl halides is 1. The minimum absolute atomic E-state index is 0.0806. The highest BCUT2D eigenvalue weighted by Crippen LogP contribution is 2.34. The molecule has 3 heteroatoms. The van der Waals surface area contributed by atoms with Crippen LogP contribution in [-0.2, 0) is 4.79 Å². The highest BCUT2D eigenvalue weighted by molar-refractivity contribution is 6.21. The molecular weight excluding hydrogens is 260 g/mol. The third-order valence-corrected chi connectivity index (χ3v) is 3.45. The Balaban J connectivity index is 2.28. The zero-order valence-corrected chi connectivity index (χ0v) is 11.2. The molecular formula is C16H15ClO2. The number of rotatable bonds is 5. The zero-order chi connectivity index (χ0) is 13.7. The van der Waals surface area contributed by atoms with E-state index in [0.717, 1.165) is 16.7 Å². The Morgan fingerprint density at radius 1 is 1.05 bits per heavy atom. The lowest BCUT2D eigenvalue weighted by atomic mass is 9.96. The van der Waals surface area contributed by atoms with Gasteiger partial charge in [0.15, 0.2) is 0 Å². The van der Waals surface area contributed by atoms with E-state index in [4.69, 9.17) is 16.7 Å². The topological polar surface area (TPSA) is 37.3 Å². The van der Waals surface area contributed by atoms with Crippen LogP contribution in [0.3, 0.4) is 0 Å². The van der Waals surface area contributed by atoms with Crippen LogP contribution in [0.2, 0.25) is 0 Å². The first kappa shape index (κ1) is 13.6. The second kappa shape index (κ2) is 6.39. The summed E-state index contributed by atoms with van der Waals surface area (Å²) in [4.78, 5) is 10.6. The Hall–Kier alpha value is -1.80. The summed E-state index contributed by atoms with van der Waals surface area (Å²) in [5.41, 5.74) is 3.14. The standard InChI is InChI=1S/C16H15ClO2/c17-15(10-11-16(18)19)14-9-5-4-8-13(14)12-6-2-1-3-7-12/h1-9,15H,10-11H2,(H,18,19). The molecule has 0 saturated carbocycles. The van der Waals surface area contributed by atoms with Crippen LogP contribution in [0.5, 0.6) is 0 Å². The van der Waals surface area contributed by atoms with Crippen LogP contribution in [0.15, 0.2) is 54.6 Å². The van der Waals surface area contributed by atoms with Crippen LogP contribution in [0.25, 0.3) is 11.1 Å². The van der Waals surface area contributed by atoms with Gasteiger partial charge >= 0.3 is 5.97 Å². The van der Waals surface area contributed by atoms with Crippen molar-refractivity contribution in [3.05, 3.63) is 60.2 Å². The number of hydrogen-bond donors (Lipinski definition) is 1. The normalized spacial score (nSPS) is 12.1. The Kier molecular flexibility index (Phi) is 4.58. The second-order valence-corrected chi connectivity index (χ2v) is 4.88. The Labute approximate surface area is 117 Å². The molecule has 0 aliphatic carbocycles. The van der Waals surface area contributed by atoms with Gasteiger partial charge in [0.25, 0.3) is 0 Å². The lowest BCUT2D eigenvalue weighted by Gasteiger charge is -2.14. The molecule has 0 fully saturated rings. The highest BCUT2D eigenvalue weighted by atomic mass is 35.5. The van der Waals surface area contributed by atoms with Crippen molar-refractivity contribution in [1.82, 2.24) is 0 Å². The van der Waals surface area contributed by atoms with E-state index in [1.807, 2.05) is 54.6 Å². The number of carbonyl (C=O) groups is 1. The molecule has 0 bridgehead atoms. The number of benzene rings is 2. The summed E-state index contributed by atoms with van der Waals surface area (Å²) < 4.78 is 0. The first-order chi connectivity index (χ1) is 9.18. The molecule has 1 unspecified atom stereocenters. The zero-order valence-electron chi connectivity index (χ0n) is 10.4. The first-order valence-electron chi connectivity index (χ1n) is 6.18. The van der Waals surface area contributed by atoms with Crippen LogP contribution in [0.4, 0.5) is 0 Å². The van der Waals surface area contributed by atoms with E-state index in [9.17, 15) is 4.79 Å². The van der Waals surface area contributed by atoms with Gasteiger partial charge in [-0.15, -0.1) is 11.6 Å². The quantitative estimate of drug-likeness (QED) is 0.815. The average molecular weight is 275 g/mol. The molecule has 0 aliphatic heterocycles. The molecule has 0 aliphatic rings. The molecule has 2 rings (SSSR count). The van der Waals surface area contributed by atoms with Crippen molar-refractivity contribution in [3.63, 3.8) is 0 Å². The molecule has 0 saturated heterocycles. The number of hydrogen-bond acceptors (Lipinski definition) is 1. The minimum Gasteiger partial charge on any atom is -0.481 e. The molecule has 0 amide bonds. The lowest BCUT2D eigenvalue weighted by Crippen LogP contribution is -2.00. The largest absolute Gasteiger partial charge is 0.481 e. The van der Waals surface area contributed by atoms with Crippen LogP contribution >= 0.6 is 11.6 Å². The summed E-state index contributed by atoms with van der Waals surface area (Å²) in [6.45, 7) is 0. The van der Waals surface area contributed by atoms with Crippen molar-refractivity contribution in [3.8, 4) is 11.1 Å². The summed E-state index contributed by atoms with van der Waals surface area (Å²) in [6.07, 6.45) is 0.512. The van der Waals surface area contributed by atoms with Crippen LogP contribution in [0, 0.1) is 0 Å². The molecule has 2 aromatic rings. The van der Waals surface area contributed by atoms with E-state index in [-0.39, 0.29) is 11.8 Å². The molecule has 0 spiro atoms. The maximum atomic E-state index is 10.6. The average Bonchev–Trinajstić information content (AvgIpc) is 2.45. The molecule has 1 N–H and O–H groups in total. The van der Waals surface area contributed by atoms with Gasteiger partial charge in [-0.25, -0.2) is 0 Å². The molecule has 19 heavy (non-hydrogen) atoms. The number of carboxylic acids is 1. The first-order valence-corrected chi connectivity index (χ1v) is 6.62. The number of aliphatic carboxylic acids is 1. The molecule has 0 radical (unpaired) electrons. The Morgan fingerprint density at radius 2 is 1.68 bits per heavy atom. The summed E-state index contributed by atoms with van der Waals surface area (Å²) in [5.74, 6) is -0.817. The van der Waals surface area contributed by atoms with Crippen molar-refractivity contribution < 1.29 is 9.90 Å². The van der Waals surface area contributed by atoms with Crippen molar-refractivity contribution in [2.24, 2.45) is 0 Å². The van der Waals surface area contributed by atoms with Gasteiger partial charge in [0, 0.05) is 6.42 Å². The van der Waals surface area contributed by atoms with Gasteiger partial charge in [-0.1, -0.05) is 54.6 Å². The van der Waals surface area contributed by atoms with Crippen LogP contribution in [-0.4, -0.2) is 11.1 Å². The monoisotopic (exact) mass is 274 g/mol. The minimum atomic E-state index is -0.817. The Bertz CT molecular complexity index is 552. The van der Waals surface area contributed by atoms with Gasteiger partial charge in [0.2, 0.25) is 0 Å². The van der Waals surface area contributed by atoms with E-state index in [0.29, 0.717) is 6.42 Å². The smallest absolute Gasteiger partial charge is 0.303 e. The van der Waals surface area contributed by atoms with Gasteiger partial charge in [-0.05, 0) is 23.1 Å². The van der Waals surface area contributed by atoms with E-state index in [2.05, 4.69) is 0 Å². The fourth-order valence-electron chi connectivity index (χ4n) is 2.06. The summed E-state index contributed by atoms with van der Waals surface area (Å²) in [7, 11) is 0. The molecule has 0 heterocycles. The predicted molar refractivity (Wildman–Crippen MR) is 77.3 cm³/mol. The van der Waals surface area contributed by atoms with Crippen LogP contribution < -0.4 is 0 Å². The van der Waals surface area contributed by atoms with Gasteiger partial charge in [-0.2, -0.15) is 0 Å². The van der Waals surface area contributed by atoms with Crippen molar-refractivity contribution >= 4 is 17.6 Å². The van der Waals surface area contributed by atoms with Gasteiger partial charge < -0.3 is 5.11 Å². The number of halogens is 1. The third-order valence-electron chi connectivity index (χ3n) is 2.99. The van der Waals surface area contributed by atoms with Gasteiger partial charge in [-0.3, -0.25) is 4.79 Å². The summed E-state index contributed by atoms with van der Waals surface area (Å²) in [6, 6.07) is 17.8. The maximum Gasteiger partial charge on any atom is 0.303 e.